The van der Waals surface area contributed by atoms with Crippen LogP contribution in [0.25, 0.3) is 0 Å². The van der Waals surface area contributed by atoms with E-state index in [4.69, 9.17) is 10.8 Å². The molecule has 1 aromatic rings. The molecule has 0 heterocycles. The molecule has 3 N–H and O–H groups in total. The summed E-state index contributed by atoms with van der Waals surface area (Å²) in [4.78, 5) is 21.4. The van der Waals surface area contributed by atoms with E-state index in [2.05, 4.69) is 0 Å². The summed E-state index contributed by atoms with van der Waals surface area (Å²) in [5, 5.41) is 8.86. The summed E-state index contributed by atoms with van der Waals surface area (Å²) in [6, 6.07) is 4.61. The minimum Gasteiger partial charge on any atom is -0.392 e. The van der Waals surface area contributed by atoms with Crippen LogP contribution in [0.4, 0.5) is 0 Å². The Balaban J connectivity index is 3.38. The molecule has 68 valence electrons. The van der Waals surface area contributed by atoms with Crippen molar-refractivity contribution < 1.29 is 14.7 Å². The standard InChI is InChI=1S/C9H9NO3/c10-9(13)8-6(4-11)2-1-3-7(8)5-12/h1-4,12H,5H2,(H2,10,13). The summed E-state index contributed by atoms with van der Waals surface area (Å²) in [6.07, 6.45) is 0.541. The monoisotopic (exact) mass is 179 g/mol. The molecule has 0 atom stereocenters. The zero-order chi connectivity index (χ0) is 9.84. The van der Waals surface area contributed by atoms with E-state index in [1.165, 1.54) is 6.07 Å². The molecule has 4 heteroatoms. The lowest BCUT2D eigenvalue weighted by molar-refractivity contribution is 0.0990. The number of benzene rings is 1. The quantitative estimate of drug-likeness (QED) is 0.645. The molecule has 0 aliphatic carbocycles. The lowest BCUT2D eigenvalue weighted by Crippen LogP contribution is -2.16. The van der Waals surface area contributed by atoms with Crippen molar-refractivity contribution in [2.75, 3.05) is 0 Å². The SMILES string of the molecule is NC(=O)c1c(C=O)cccc1CO. The summed E-state index contributed by atoms with van der Waals surface area (Å²) in [6.45, 7) is -0.306. The van der Waals surface area contributed by atoms with Crippen LogP contribution in [0.3, 0.4) is 0 Å². The molecule has 0 saturated carbocycles. The second-order valence-corrected chi connectivity index (χ2v) is 2.52. The van der Waals surface area contributed by atoms with E-state index in [0.29, 0.717) is 11.8 Å². The van der Waals surface area contributed by atoms with E-state index in [1.807, 2.05) is 0 Å². The first-order chi connectivity index (χ1) is 6.20. The topological polar surface area (TPSA) is 80.4 Å². The molecule has 1 aromatic carbocycles. The van der Waals surface area contributed by atoms with E-state index >= 15 is 0 Å². The van der Waals surface area contributed by atoms with Crippen molar-refractivity contribution in [3.63, 3.8) is 0 Å². The van der Waals surface area contributed by atoms with Gasteiger partial charge in [0.05, 0.1) is 12.2 Å². The van der Waals surface area contributed by atoms with Crippen LogP contribution in [-0.2, 0) is 6.61 Å². The van der Waals surface area contributed by atoms with Crippen LogP contribution in [0.15, 0.2) is 18.2 Å². The number of aliphatic hydroxyl groups is 1. The third kappa shape index (κ3) is 1.73. The molecule has 1 rings (SSSR count). The molecule has 0 saturated heterocycles. The Morgan fingerprint density at radius 3 is 2.69 bits per heavy atom. The number of carbonyl (C=O) groups is 2. The second kappa shape index (κ2) is 3.82. The lowest BCUT2D eigenvalue weighted by Gasteiger charge is -2.05. The molecule has 0 spiro atoms. The number of hydrogen-bond acceptors (Lipinski definition) is 3. The maximum atomic E-state index is 10.9. The minimum atomic E-state index is -0.702. The van der Waals surface area contributed by atoms with E-state index in [0.717, 1.165) is 0 Å². The molecule has 13 heavy (non-hydrogen) atoms. The Bertz CT molecular complexity index is 347. The average Bonchev–Trinajstić information content (AvgIpc) is 2.16. The van der Waals surface area contributed by atoms with Gasteiger partial charge in [0.1, 0.15) is 0 Å². The maximum absolute atomic E-state index is 10.9. The van der Waals surface area contributed by atoms with Gasteiger partial charge in [0.2, 0.25) is 5.91 Å². The van der Waals surface area contributed by atoms with Gasteiger partial charge in [0.25, 0.3) is 0 Å². The molecule has 0 bridgehead atoms. The summed E-state index contributed by atoms with van der Waals surface area (Å²) < 4.78 is 0. The van der Waals surface area contributed by atoms with Crippen molar-refractivity contribution in [3.05, 3.63) is 34.9 Å². The summed E-state index contributed by atoms with van der Waals surface area (Å²) in [5.74, 6) is -0.702. The number of primary amides is 1. The number of aliphatic hydroxyl groups excluding tert-OH is 1. The van der Waals surface area contributed by atoms with E-state index in [1.54, 1.807) is 12.1 Å². The van der Waals surface area contributed by atoms with Crippen molar-refractivity contribution >= 4 is 12.2 Å². The fraction of sp³-hybridized carbons (Fsp3) is 0.111. The molecule has 0 aromatic heterocycles. The second-order valence-electron chi connectivity index (χ2n) is 2.52. The molecule has 4 nitrogen and oxygen atoms in total. The van der Waals surface area contributed by atoms with Gasteiger partial charge in [-0.05, 0) is 5.56 Å². The van der Waals surface area contributed by atoms with Crippen molar-refractivity contribution in [1.29, 1.82) is 0 Å². The highest BCUT2D eigenvalue weighted by Gasteiger charge is 2.11. The van der Waals surface area contributed by atoms with Gasteiger partial charge in [-0.15, -0.1) is 0 Å². The summed E-state index contributed by atoms with van der Waals surface area (Å²) >= 11 is 0. The molecule has 1 amide bonds. The van der Waals surface area contributed by atoms with Gasteiger partial charge in [-0.1, -0.05) is 18.2 Å². The van der Waals surface area contributed by atoms with Crippen LogP contribution in [0.1, 0.15) is 26.3 Å². The van der Waals surface area contributed by atoms with Crippen LogP contribution >= 0.6 is 0 Å². The van der Waals surface area contributed by atoms with Gasteiger partial charge in [0.15, 0.2) is 6.29 Å². The smallest absolute Gasteiger partial charge is 0.249 e. The fourth-order valence-electron chi connectivity index (χ4n) is 1.15. The molecule has 0 unspecified atom stereocenters. The Kier molecular flexibility index (Phi) is 2.76. The third-order valence-electron chi connectivity index (χ3n) is 1.73. The first-order valence-corrected chi connectivity index (χ1v) is 3.68. The van der Waals surface area contributed by atoms with Gasteiger partial charge in [-0.3, -0.25) is 9.59 Å². The maximum Gasteiger partial charge on any atom is 0.249 e. The first kappa shape index (κ1) is 9.41. The molecule has 0 aliphatic heterocycles. The van der Waals surface area contributed by atoms with Crippen LogP contribution in [0.2, 0.25) is 0 Å². The average molecular weight is 179 g/mol. The predicted octanol–water partition coefficient (Wildman–Crippen LogP) is 0.0903. The Hall–Kier alpha value is -1.68. The summed E-state index contributed by atoms with van der Waals surface area (Å²) in [7, 11) is 0. The molecule has 0 fully saturated rings. The predicted molar refractivity (Wildman–Crippen MR) is 46.3 cm³/mol. The number of amides is 1. The molecular weight excluding hydrogens is 170 g/mol. The zero-order valence-electron chi connectivity index (χ0n) is 6.86. The Morgan fingerprint density at radius 2 is 2.23 bits per heavy atom. The molecule has 0 radical (unpaired) electrons. The Morgan fingerprint density at radius 1 is 1.54 bits per heavy atom. The van der Waals surface area contributed by atoms with E-state index in [-0.39, 0.29) is 17.7 Å². The Labute approximate surface area is 75.0 Å². The van der Waals surface area contributed by atoms with Crippen LogP contribution in [-0.4, -0.2) is 17.3 Å². The highest BCUT2D eigenvalue weighted by atomic mass is 16.3. The number of aldehydes is 1. The number of rotatable bonds is 3. The molecular formula is C9H9NO3. The van der Waals surface area contributed by atoms with Gasteiger partial charge in [-0.2, -0.15) is 0 Å². The zero-order valence-corrected chi connectivity index (χ0v) is 6.86. The highest BCUT2D eigenvalue weighted by molar-refractivity contribution is 6.01. The first-order valence-electron chi connectivity index (χ1n) is 3.68. The van der Waals surface area contributed by atoms with Crippen molar-refractivity contribution in [2.45, 2.75) is 6.61 Å². The normalized spacial score (nSPS) is 9.62. The minimum absolute atomic E-state index is 0.0972. The van der Waals surface area contributed by atoms with Crippen molar-refractivity contribution in [1.82, 2.24) is 0 Å². The third-order valence-corrected chi connectivity index (χ3v) is 1.73. The van der Waals surface area contributed by atoms with Gasteiger partial charge in [-0.25, -0.2) is 0 Å². The number of nitrogens with two attached hydrogens (primary N) is 1. The van der Waals surface area contributed by atoms with Gasteiger partial charge < -0.3 is 10.8 Å². The van der Waals surface area contributed by atoms with E-state index < -0.39 is 5.91 Å². The van der Waals surface area contributed by atoms with Crippen LogP contribution < -0.4 is 5.73 Å². The van der Waals surface area contributed by atoms with Crippen LogP contribution in [0.5, 0.6) is 0 Å². The summed E-state index contributed by atoms with van der Waals surface area (Å²) in [5.41, 5.74) is 5.73. The molecule has 0 aliphatic rings. The largest absolute Gasteiger partial charge is 0.392 e. The van der Waals surface area contributed by atoms with Gasteiger partial charge in [0, 0.05) is 5.56 Å². The number of hydrogen-bond donors (Lipinski definition) is 2. The number of carbonyl (C=O) groups excluding carboxylic acids is 2. The van der Waals surface area contributed by atoms with Crippen molar-refractivity contribution in [3.8, 4) is 0 Å². The van der Waals surface area contributed by atoms with E-state index in [9.17, 15) is 9.59 Å². The highest BCUT2D eigenvalue weighted by Crippen LogP contribution is 2.12. The lowest BCUT2D eigenvalue weighted by atomic mass is 10.0. The van der Waals surface area contributed by atoms with Gasteiger partial charge >= 0.3 is 0 Å². The van der Waals surface area contributed by atoms with Crippen molar-refractivity contribution in [2.24, 2.45) is 5.73 Å². The van der Waals surface area contributed by atoms with Crippen LogP contribution in [0, 0.1) is 0 Å². The fourth-order valence-corrected chi connectivity index (χ4v) is 1.15.